The first-order valence-electron chi connectivity index (χ1n) is 12.1. The van der Waals surface area contributed by atoms with Gasteiger partial charge >= 0.3 is 0 Å². The van der Waals surface area contributed by atoms with Crippen molar-refractivity contribution in [3.63, 3.8) is 0 Å². The van der Waals surface area contributed by atoms with Crippen molar-refractivity contribution in [1.29, 1.82) is 0 Å². The largest absolute Gasteiger partial charge is 0.388 e. The Hall–Kier alpha value is -3.45. The van der Waals surface area contributed by atoms with E-state index in [-0.39, 0.29) is 5.91 Å². The highest BCUT2D eigenvalue weighted by atomic mass is 16.5. The van der Waals surface area contributed by atoms with Crippen molar-refractivity contribution in [2.75, 3.05) is 30.8 Å². The van der Waals surface area contributed by atoms with Crippen LogP contribution in [0.5, 0.6) is 0 Å². The molecule has 0 spiro atoms. The molecule has 1 amide bonds. The van der Waals surface area contributed by atoms with Gasteiger partial charge in [-0.2, -0.15) is 0 Å². The number of fused-ring (bicyclic) bond motifs is 9. The highest BCUT2D eigenvalue weighted by Crippen LogP contribution is 2.34. The maximum Gasteiger partial charge on any atom is 0.251 e. The SMILES string of the molecule is CNc1cc2ccc1-c1ccnc(n1)Nc1ccc(CC3CC3)c(c1)COCCCCNC2=O. The van der Waals surface area contributed by atoms with Crippen LogP contribution in [0.25, 0.3) is 11.3 Å². The van der Waals surface area contributed by atoms with E-state index in [1.165, 1.54) is 24.0 Å². The molecule has 2 aliphatic heterocycles. The Labute approximate surface area is 200 Å². The van der Waals surface area contributed by atoms with Crippen LogP contribution in [0.3, 0.4) is 0 Å². The summed E-state index contributed by atoms with van der Waals surface area (Å²) < 4.78 is 6.02. The van der Waals surface area contributed by atoms with Crippen LogP contribution in [-0.2, 0) is 17.8 Å². The van der Waals surface area contributed by atoms with Crippen molar-refractivity contribution in [3.8, 4) is 11.3 Å². The summed E-state index contributed by atoms with van der Waals surface area (Å²) in [6, 6.07) is 14.0. The van der Waals surface area contributed by atoms with Gasteiger partial charge in [-0.1, -0.05) is 6.07 Å². The number of anilines is 3. The number of nitrogens with one attached hydrogen (secondary N) is 3. The zero-order valence-corrected chi connectivity index (χ0v) is 19.6. The highest BCUT2D eigenvalue weighted by molar-refractivity contribution is 5.96. The second kappa shape index (κ2) is 10.2. The summed E-state index contributed by atoms with van der Waals surface area (Å²) in [6.07, 6.45) is 7.28. The van der Waals surface area contributed by atoms with Crippen LogP contribution < -0.4 is 16.0 Å². The minimum atomic E-state index is -0.0762. The van der Waals surface area contributed by atoms with Crippen LogP contribution in [0, 0.1) is 5.92 Å². The molecule has 0 radical (unpaired) electrons. The number of hydrogen-bond acceptors (Lipinski definition) is 6. The van der Waals surface area contributed by atoms with Gasteiger partial charge in [0.1, 0.15) is 0 Å². The van der Waals surface area contributed by atoms with Gasteiger partial charge in [0.2, 0.25) is 5.95 Å². The Bertz CT molecular complexity index is 1180. The molecule has 1 aromatic heterocycles. The van der Waals surface area contributed by atoms with E-state index in [0.717, 1.165) is 47.8 Å². The number of ether oxygens (including phenoxy) is 1. The first kappa shape index (κ1) is 22.3. The summed E-state index contributed by atoms with van der Waals surface area (Å²) in [4.78, 5) is 21.8. The maximum absolute atomic E-state index is 12.6. The van der Waals surface area contributed by atoms with Crippen LogP contribution in [0.2, 0.25) is 0 Å². The molecule has 2 aromatic carbocycles. The van der Waals surface area contributed by atoms with Crippen LogP contribution in [0.4, 0.5) is 17.3 Å². The fraction of sp³-hybridized carbons (Fsp3) is 0.370. The summed E-state index contributed by atoms with van der Waals surface area (Å²) >= 11 is 0. The number of benzene rings is 2. The molecule has 7 heteroatoms. The quantitative estimate of drug-likeness (QED) is 0.517. The zero-order chi connectivity index (χ0) is 23.3. The fourth-order valence-corrected chi connectivity index (χ4v) is 4.30. The number of carbonyl (C=O) groups excluding carboxylic acids is 1. The van der Waals surface area contributed by atoms with Crippen molar-refractivity contribution in [2.45, 2.75) is 38.7 Å². The average Bonchev–Trinajstić information content (AvgIpc) is 3.68. The number of rotatable bonds is 3. The summed E-state index contributed by atoms with van der Waals surface area (Å²) in [5.41, 5.74) is 6.68. The van der Waals surface area contributed by atoms with Gasteiger partial charge in [0, 0.05) is 48.9 Å². The molecule has 0 atom stereocenters. The third-order valence-corrected chi connectivity index (χ3v) is 6.41. The number of hydrogen-bond donors (Lipinski definition) is 3. The van der Waals surface area contributed by atoms with E-state index in [0.29, 0.717) is 31.3 Å². The van der Waals surface area contributed by atoms with Gasteiger partial charge in [-0.15, -0.1) is 0 Å². The highest BCUT2D eigenvalue weighted by Gasteiger charge is 2.23. The molecule has 6 bridgehead atoms. The minimum absolute atomic E-state index is 0.0762. The number of amides is 1. The molecular formula is C27H31N5O2. The lowest BCUT2D eigenvalue weighted by Crippen LogP contribution is -2.24. The molecule has 34 heavy (non-hydrogen) atoms. The number of nitrogens with zero attached hydrogens (tertiary/aromatic N) is 2. The Morgan fingerprint density at radius 2 is 2.03 bits per heavy atom. The van der Waals surface area contributed by atoms with Crippen LogP contribution in [-0.4, -0.2) is 36.1 Å². The average molecular weight is 458 g/mol. The monoisotopic (exact) mass is 457 g/mol. The molecule has 3 N–H and O–H groups in total. The van der Waals surface area contributed by atoms with E-state index in [1.807, 2.05) is 31.3 Å². The smallest absolute Gasteiger partial charge is 0.251 e. The van der Waals surface area contributed by atoms with Crippen molar-refractivity contribution in [1.82, 2.24) is 15.3 Å². The lowest BCUT2D eigenvalue weighted by molar-refractivity contribution is 0.0945. The molecule has 1 aliphatic carbocycles. The van der Waals surface area contributed by atoms with Gasteiger partial charge < -0.3 is 20.7 Å². The first-order valence-corrected chi connectivity index (χ1v) is 12.1. The minimum Gasteiger partial charge on any atom is -0.388 e. The molecule has 1 fully saturated rings. The standard InChI is InChI=1S/C27H31N5O2/c1-28-25-16-20-7-9-23(25)24-10-12-30-27(32-24)31-22-8-6-19(14-18-4-5-18)21(15-22)17-34-13-3-2-11-29-26(20)33/h6-10,12,15-16,18,28H,2-5,11,13-14,17H2,1H3,(H,29,33)(H,30,31,32). The lowest BCUT2D eigenvalue weighted by Gasteiger charge is -2.14. The van der Waals surface area contributed by atoms with E-state index < -0.39 is 0 Å². The summed E-state index contributed by atoms with van der Waals surface area (Å²) in [5.74, 6) is 1.26. The Balaban J connectivity index is 1.48. The van der Waals surface area contributed by atoms with E-state index in [4.69, 9.17) is 9.72 Å². The van der Waals surface area contributed by atoms with E-state index in [1.54, 1.807) is 6.20 Å². The first-order chi connectivity index (χ1) is 16.7. The zero-order valence-electron chi connectivity index (χ0n) is 19.6. The maximum atomic E-state index is 12.6. The van der Waals surface area contributed by atoms with Gasteiger partial charge in [0.05, 0.1) is 12.3 Å². The Morgan fingerprint density at radius 3 is 2.88 bits per heavy atom. The topological polar surface area (TPSA) is 88.2 Å². The fourth-order valence-electron chi connectivity index (χ4n) is 4.30. The lowest BCUT2D eigenvalue weighted by atomic mass is 10.0. The number of aromatic nitrogens is 2. The molecule has 1 saturated carbocycles. The van der Waals surface area contributed by atoms with Crippen LogP contribution in [0.1, 0.15) is 47.2 Å². The molecule has 3 aromatic rings. The van der Waals surface area contributed by atoms with E-state index in [2.05, 4.69) is 39.1 Å². The second-order valence-electron chi connectivity index (χ2n) is 9.05. The normalized spacial score (nSPS) is 16.6. The molecule has 0 saturated heterocycles. The van der Waals surface area contributed by atoms with E-state index >= 15 is 0 Å². The van der Waals surface area contributed by atoms with Gasteiger partial charge in [0.15, 0.2) is 0 Å². The molecule has 6 rings (SSSR count). The molecule has 0 unspecified atom stereocenters. The van der Waals surface area contributed by atoms with Crippen LogP contribution in [0.15, 0.2) is 48.7 Å². The van der Waals surface area contributed by atoms with Gasteiger partial charge in [-0.05, 0) is 85.5 Å². The summed E-state index contributed by atoms with van der Waals surface area (Å²) in [6.45, 7) is 1.88. The Morgan fingerprint density at radius 1 is 1.12 bits per heavy atom. The Kier molecular flexibility index (Phi) is 6.72. The van der Waals surface area contributed by atoms with Gasteiger partial charge in [-0.3, -0.25) is 4.79 Å². The van der Waals surface area contributed by atoms with Gasteiger partial charge in [0.25, 0.3) is 5.91 Å². The molecule has 7 nitrogen and oxygen atoms in total. The van der Waals surface area contributed by atoms with Crippen molar-refractivity contribution < 1.29 is 9.53 Å². The molecule has 3 heterocycles. The predicted molar refractivity (Wildman–Crippen MR) is 134 cm³/mol. The summed E-state index contributed by atoms with van der Waals surface area (Å²) in [7, 11) is 1.85. The van der Waals surface area contributed by atoms with E-state index in [9.17, 15) is 4.79 Å². The van der Waals surface area contributed by atoms with Crippen LogP contribution >= 0.6 is 0 Å². The molecule has 3 aliphatic rings. The third kappa shape index (κ3) is 5.37. The van der Waals surface area contributed by atoms with Gasteiger partial charge in [-0.25, -0.2) is 9.97 Å². The van der Waals surface area contributed by atoms with Crippen molar-refractivity contribution >= 4 is 23.2 Å². The van der Waals surface area contributed by atoms with Crippen molar-refractivity contribution in [3.05, 3.63) is 65.4 Å². The third-order valence-electron chi connectivity index (χ3n) is 6.41. The summed E-state index contributed by atoms with van der Waals surface area (Å²) in [5, 5.41) is 9.58. The molecular weight excluding hydrogens is 426 g/mol. The number of carbonyl (C=O) groups is 1. The second-order valence-corrected chi connectivity index (χ2v) is 9.05. The predicted octanol–water partition coefficient (Wildman–Crippen LogP) is 4.92. The molecule has 176 valence electrons. The van der Waals surface area contributed by atoms with Crippen molar-refractivity contribution in [2.24, 2.45) is 5.92 Å².